The van der Waals surface area contributed by atoms with E-state index in [0.29, 0.717) is 57.7 Å². The predicted octanol–water partition coefficient (Wildman–Crippen LogP) is 4.99. The number of rotatable bonds is 5. The van der Waals surface area contributed by atoms with Crippen LogP contribution in [0.25, 0.3) is 0 Å². The van der Waals surface area contributed by atoms with Gasteiger partial charge in [-0.15, -0.1) is 0 Å². The number of hydrogen-bond donors (Lipinski definition) is 1. The van der Waals surface area contributed by atoms with Crippen molar-refractivity contribution in [2.24, 2.45) is 5.73 Å². The van der Waals surface area contributed by atoms with Gasteiger partial charge in [-0.1, -0.05) is 18.2 Å². The topological polar surface area (TPSA) is 94.6 Å². The molecule has 164 valence electrons. The second kappa shape index (κ2) is 9.05. The summed E-state index contributed by atoms with van der Waals surface area (Å²) in [4.78, 5) is 12.8. The van der Waals surface area contributed by atoms with Crippen LogP contribution in [-0.4, -0.2) is 12.9 Å². The van der Waals surface area contributed by atoms with Crippen molar-refractivity contribution in [1.29, 1.82) is 5.26 Å². The fraction of sp³-hybridized carbons (Fsp3) is 0.250. The van der Waals surface area contributed by atoms with Gasteiger partial charge in [0.15, 0.2) is 17.3 Å². The van der Waals surface area contributed by atoms with Gasteiger partial charge in [0.2, 0.25) is 5.88 Å². The number of ketones is 1. The van der Waals surface area contributed by atoms with Gasteiger partial charge in [0, 0.05) is 24.0 Å². The van der Waals surface area contributed by atoms with Gasteiger partial charge in [0.25, 0.3) is 0 Å². The number of allylic oxidation sites excluding steroid dienone is 3. The van der Waals surface area contributed by atoms with Crippen molar-refractivity contribution < 1.29 is 23.4 Å². The maximum atomic E-state index is 14.0. The third kappa shape index (κ3) is 3.96. The van der Waals surface area contributed by atoms with Gasteiger partial charge < -0.3 is 19.9 Å². The summed E-state index contributed by atoms with van der Waals surface area (Å²) in [5.74, 6) is 0.174. The van der Waals surface area contributed by atoms with E-state index in [4.69, 9.17) is 19.9 Å². The van der Waals surface area contributed by atoms with Crippen molar-refractivity contribution in [3.63, 3.8) is 0 Å². The number of hydrogen-bond acceptors (Lipinski definition) is 6. The quantitative estimate of drug-likeness (QED) is 0.623. The highest BCUT2D eigenvalue weighted by atomic mass is 79.9. The summed E-state index contributed by atoms with van der Waals surface area (Å²) < 4.78 is 31.5. The van der Waals surface area contributed by atoms with E-state index < -0.39 is 5.92 Å². The zero-order valence-electron chi connectivity index (χ0n) is 17.3. The smallest absolute Gasteiger partial charge is 0.205 e. The Morgan fingerprint density at radius 2 is 2.09 bits per heavy atom. The zero-order valence-corrected chi connectivity index (χ0v) is 18.9. The van der Waals surface area contributed by atoms with Crippen LogP contribution in [0.15, 0.2) is 63.7 Å². The number of carbonyl (C=O) groups is 1. The number of nitrogens with zero attached hydrogens (tertiary/aromatic N) is 1. The van der Waals surface area contributed by atoms with Crippen LogP contribution in [-0.2, 0) is 16.1 Å². The molecule has 2 aromatic carbocycles. The molecule has 0 bridgehead atoms. The van der Waals surface area contributed by atoms with Crippen molar-refractivity contribution in [2.45, 2.75) is 31.8 Å². The fourth-order valence-electron chi connectivity index (χ4n) is 4.00. The first kappa shape index (κ1) is 21.9. The Hall–Kier alpha value is -3.31. The van der Waals surface area contributed by atoms with Crippen LogP contribution in [0.5, 0.6) is 11.5 Å². The molecule has 0 amide bonds. The third-order valence-corrected chi connectivity index (χ3v) is 6.11. The molecular formula is C24H20BrFN2O4. The molecule has 6 nitrogen and oxygen atoms in total. The van der Waals surface area contributed by atoms with E-state index in [0.717, 1.165) is 0 Å². The van der Waals surface area contributed by atoms with E-state index in [9.17, 15) is 14.4 Å². The number of methoxy groups -OCH3 is 1. The molecule has 1 atom stereocenters. The van der Waals surface area contributed by atoms with Crippen LogP contribution in [0.3, 0.4) is 0 Å². The average molecular weight is 499 g/mol. The number of benzene rings is 2. The van der Waals surface area contributed by atoms with Gasteiger partial charge in [-0.25, -0.2) is 4.39 Å². The number of ether oxygens (including phenoxy) is 3. The highest BCUT2D eigenvalue weighted by Crippen LogP contribution is 2.47. The molecule has 2 aliphatic rings. The molecule has 1 aliphatic heterocycles. The van der Waals surface area contributed by atoms with E-state index in [1.54, 1.807) is 30.3 Å². The van der Waals surface area contributed by atoms with Crippen molar-refractivity contribution in [3.05, 3.63) is 80.6 Å². The number of carbonyl (C=O) groups excluding carboxylic acids is 1. The molecule has 2 aromatic rings. The Morgan fingerprint density at radius 3 is 2.81 bits per heavy atom. The number of nitrogens with two attached hydrogens (primary N) is 1. The molecular weight excluding hydrogens is 479 g/mol. The van der Waals surface area contributed by atoms with Gasteiger partial charge in [-0.2, -0.15) is 5.26 Å². The second-order valence-corrected chi connectivity index (χ2v) is 8.31. The summed E-state index contributed by atoms with van der Waals surface area (Å²) in [6.07, 6.45) is 1.65. The molecule has 32 heavy (non-hydrogen) atoms. The lowest BCUT2D eigenvalue weighted by Crippen LogP contribution is -2.27. The molecule has 0 unspecified atom stereocenters. The minimum atomic E-state index is -0.664. The highest BCUT2D eigenvalue weighted by Gasteiger charge is 2.38. The van der Waals surface area contributed by atoms with Crippen LogP contribution in [0.1, 0.15) is 36.3 Å². The van der Waals surface area contributed by atoms with Crippen LogP contribution in [0.2, 0.25) is 0 Å². The zero-order chi connectivity index (χ0) is 22.8. The van der Waals surface area contributed by atoms with E-state index in [1.807, 2.05) is 0 Å². The van der Waals surface area contributed by atoms with Gasteiger partial charge in [-0.3, -0.25) is 4.79 Å². The summed E-state index contributed by atoms with van der Waals surface area (Å²) in [5.41, 5.74) is 7.69. The lowest BCUT2D eigenvalue weighted by Gasteiger charge is -2.31. The monoisotopic (exact) mass is 498 g/mol. The Labute approximate surface area is 193 Å². The molecule has 4 rings (SSSR count). The highest BCUT2D eigenvalue weighted by molar-refractivity contribution is 9.10. The minimum Gasteiger partial charge on any atom is -0.493 e. The number of halogens is 2. The van der Waals surface area contributed by atoms with Crippen LogP contribution in [0.4, 0.5) is 4.39 Å². The average Bonchev–Trinajstić information content (AvgIpc) is 2.78. The lowest BCUT2D eigenvalue weighted by atomic mass is 9.77. The fourth-order valence-corrected chi connectivity index (χ4v) is 4.58. The van der Waals surface area contributed by atoms with Gasteiger partial charge in [0.1, 0.15) is 29.8 Å². The first-order chi connectivity index (χ1) is 15.4. The van der Waals surface area contributed by atoms with Gasteiger partial charge >= 0.3 is 0 Å². The third-order valence-electron chi connectivity index (χ3n) is 5.52. The lowest BCUT2D eigenvalue weighted by molar-refractivity contribution is -0.116. The van der Waals surface area contributed by atoms with Crippen LogP contribution >= 0.6 is 15.9 Å². The van der Waals surface area contributed by atoms with Gasteiger partial charge in [0.05, 0.1) is 17.5 Å². The molecule has 2 N–H and O–H groups in total. The molecule has 1 aliphatic carbocycles. The molecule has 8 heteroatoms. The SMILES string of the molecule is COc1cc([C@@H]2C(C#N)=C(N)OC3=C2C(=O)CCC3)cc(Br)c1OCc1ccccc1F. The minimum absolute atomic E-state index is 0.000851. The van der Waals surface area contributed by atoms with Crippen molar-refractivity contribution in [1.82, 2.24) is 0 Å². The summed E-state index contributed by atoms with van der Waals surface area (Å²) in [6, 6.07) is 11.9. The largest absolute Gasteiger partial charge is 0.493 e. The van der Waals surface area contributed by atoms with E-state index in [-0.39, 0.29) is 29.7 Å². The second-order valence-electron chi connectivity index (χ2n) is 7.45. The summed E-state index contributed by atoms with van der Waals surface area (Å²) >= 11 is 3.50. The Bertz CT molecular complexity index is 1200. The Morgan fingerprint density at radius 1 is 1.31 bits per heavy atom. The summed E-state index contributed by atoms with van der Waals surface area (Å²) in [5, 5.41) is 9.75. The Balaban J connectivity index is 1.75. The van der Waals surface area contributed by atoms with Crippen LogP contribution < -0.4 is 15.2 Å². The molecule has 0 radical (unpaired) electrons. The summed E-state index contributed by atoms with van der Waals surface area (Å²) in [6.45, 7) is 0.00231. The maximum absolute atomic E-state index is 14.0. The normalized spacial score (nSPS) is 18.1. The maximum Gasteiger partial charge on any atom is 0.205 e. The van der Waals surface area contributed by atoms with E-state index in [1.165, 1.54) is 13.2 Å². The molecule has 0 fully saturated rings. The molecule has 0 aromatic heterocycles. The van der Waals surface area contributed by atoms with Crippen molar-refractivity contribution >= 4 is 21.7 Å². The van der Waals surface area contributed by atoms with E-state index >= 15 is 0 Å². The molecule has 1 heterocycles. The molecule has 0 spiro atoms. The standard InChI is InChI=1S/C24H20BrFN2O4/c1-30-20-10-14(9-16(25)23(20)31-12-13-5-2-3-6-17(13)26)21-15(11-27)24(28)32-19-8-4-7-18(29)22(19)21/h2-3,5-6,9-10,21H,4,7-8,12,28H2,1H3/t21-/m1/s1. The van der Waals surface area contributed by atoms with Crippen LogP contribution in [0, 0.1) is 17.1 Å². The van der Waals surface area contributed by atoms with Crippen molar-refractivity contribution in [3.8, 4) is 17.6 Å². The number of Topliss-reactive ketones (excluding diaryl/α,β-unsaturated/α-hetero) is 1. The first-order valence-electron chi connectivity index (χ1n) is 10.0. The Kier molecular flexibility index (Phi) is 6.19. The predicted molar refractivity (Wildman–Crippen MR) is 118 cm³/mol. The molecule has 0 saturated carbocycles. The van der Waals surface area contributed by atoms with Gasteiger partial charge in [-0.05, 0) is 46.1 Å². The number of nitriles is 1. The molecule has 0 saturated heterocycles. The van der Waals surface area contributed by atoms with E-state index in [2.05, 4.69) is 22.0 Å². The summed E-state index contributed by atoms with van der Waals surface area (Å²) in [7, 11) is 1.48. The first-order valence-corrected chi connectivity index (χ1v) is 10.8. The van der Waals surface area contributed by atoms with Crippen molar-refractivity contribution in [2.75, 3.05) is 7.11 Å².